The average molecular weight is 261 g/mol. The Morgan fingerprint density at radius 2 is 2.21 bits per heavy atom. The van der Waals surface area contributed by atoms with Crippen molar-refractivity contribution in [2.75, 3.05) is 6.54 Å². The molecule has 1 unspecified atom stereocenters. The highest BCUT2D eigenvalue weighted by Crippen LogP contribution is 2.27. The topological polar surface area (TPSA) is 29.9 Å². The first-order valence-electron chi connectivity index (χ1n) is 6.64. The number of hydrogen-bond acceptors (Lipinski definition) is 2. The molecule has 0 aliphatic carbocycles. The summed E-state index contributed by atoms with van der Waals surface area (Å²) in [6.45, 7) is 5.16. The van der Waals surface area contributed by atoms with Crippen molar-refractivity contribution in [1.29, 1.82) is 0 Å². The molecule has 0 saturated heterocycles. The molecule has 0 bridgehead atoms. The minimum Gasteiger partial charge on any atom is -0.334 e. The second-order valence-corrected chi connectivity index (χ2v) is 4.77. The molecular weight excluding hydrogens is 241 g/mol. The van der Waals surface area contributed by atoms with Gasteiger partial charge in [0, 0.05) is 31.0 Å². The molecule has 0 spiro atoms. The number of benzene rings is 1. The number of nitrogens with zero attached hydrogens (tertiary/aromatic N) is 2. The van der Waals surface area contributed by atoms with Crippen molar-refractivity contribution < 1.29 is 4.39 Å². The molecule has 0 radical (unpaired) electrons. The summed E-state index contributed by atoms with van der Waals surface area (Å²) in [5.74, 6) is 0.559. The Kier molecular flexibility index (Phi) is 4.32. The van der Waals surface area contributed by atoms with Crippen LogP contribution in [-0.4, -0.2) is 16.1 Å². The number of hydrogen-bond donors (Lipinski definition) is 1. The van der Waals surface area contributed by atoms with Crippen LogP contribution in [0.5, 0.6) is 0 Å². The maximum atomic E-state index is 13.5. The van der Waals surface area contributed by atoms with E-state index in [0.717, 1.165) is 29.9 Å². The van der Waals surface area contributed by atoms with Gasteiger partial charge in [-0.2, -0.15) is 0 Å². The Bertz CT molecular complexity index is 548. The predicted octanol–water partition coefficient (Wildman–Crippen LogP) is 3.29. The van der Waals surface area contributed by atoms with Crippen LogP contribution in [0, 0.1) is 5.82 Å². The van der Waals surface area contributed by atoms with Gasteiger partial charge < -0.3 is 9.88 Å². The lowest BCUT2D eigenvalue weighted by Crippen LogP contribution is -2.20. The van der Waals surface area contributed by atoms with Crippen molar-refractivity contribution in [2.45, 2.75) is 26.3 Å². The van der Waals surface area contributed by atoms with Gasteiger partial charge in [0.15, 0.2) is 0 Å². The van der Waals surface area contributed by atoms with Gasteiger partial charge in [0.2, 0.25) is 0 Å². The lowest BCUT2D eigenvalue weighted by Gasteiger charge is -2.17. The Morgan fingerprint density at radius 1 is 1.42 bits per heavy atom. The van der Waals surface area contributed by atoms with E-state index in [9.17, 15) is 4.39 Å². The first kappa shape index (κ1) is 13.7. The van der Waals surface area contributed by atoms with Crippen molar-refractivity contribution in [3.63, 3.8) is 0 Å². The Labute approximate surface area is 113 Å². The van der Waals surface area contributed by atoms with Crippen LogP contribution >= 0.6 is 0 Å². The van der Waals surface area contributed by atoms with E-state index in [4.69, 9.17) is 0 Å². The average Bonchev–Trinajstić information content (AvgIpc) is 2.82. The monoisotopic (exact) mass is 261 g/mol. The van der Waals surface area contributed by atoms with Gasteiger partial charge in [-0.3, -0.25) is 0 Å². The zero-order chi connectivity index (χ0) is 13.8. The van der Waals surface area contributed by atoms with Crippen molar-refractivity contribution in [2.24, 2.45) is 7.05 Å². The molecule has 1 N–H and O–H groups in total. The first-order chi connectivity index (χ1) is 9.13. The summed E-state index contributed by atoms with van der Waals surface area (Å²) in [6.07, 6.45) is 4.67. The Morgan fingerprint density at radius 3 is 2.84 bits per heavy atom. The highest BCUT2D eigenvalue weighted by molar-refractivity contribution is 5.61. The van der Waals surface area contributed by atoms with Gasteiger partial charge >= 0.3 is 0 Å². The SMILES string of the molecule is CCCNC(C)c1ccc(F)cc1-c1nccn1C. The van der Waals surface area contributed by atoms with E-state index < -0.39 is 0 Å². The van der Waals surface area contributed by atoms with Gasteiger partial charge in [-0.05, 0) is 37.6 Å². The van der Waals surface area contributed by atoms with Crippen LogP contribution in [0.2, 0.25) is 0 Å². The van der Waals surface area contributed by atoms with Gasteiger partial charge in [-0.1, -0.05) is 13.0 Å². The molecule has 2 aromatic rings. The van der Waals surface area contributed by atoms with Crippen molar-refractivity contribution >= 4 is 0 Å². The first-order valence-corrected chi connectivity index (χ1v) is 6.64. The zero-order valence-corrected chi connectivity index (χ0v) is 11.7. The summed E-state index contributed by atoms with van der Waals surface area (Å²) in [7, 11) is 1.92. The second kappa shape index (κ2) is 5.97. The number of aryl methyl sites for hydroxylation is 1. The molecule has 0 fully saturated rings. The third kappa shape index (κ3) is 3.01. The number of nitrogens with one attached hydrogen (secondary N) is 1. The second-order valence-electron chi connectivity index (χ2n) is 4.77. The summed E-state index contributed by atoms with van der Waals surface area (Å²) in [4.78, 5) is 4.32. The van der Waals surface area contributed by atoms with E-state index in [2.05, 4.69) is 24.1 Å². The lowest BCUT2D eigenvalue weighted by molar-refractivity contribution is 0.568. The van der Waals surface area contributed by atoms with Gasteiger partial charge in [-0.15, -0.1) is 0 Å². The van der Waals surface area contributed by atoms with E-state index in [-0.39, 0.29) is 11.9 Å². The van der Waals surface area contributed by atoms with Gasteiger partial charge in [0.25, 0.3) is 0 Å². The maximum absolute atomic E-state index is 13.5. The van der Waals surface area contributed by atoms with Crippen molar-refractivity contribution in [3.05, 3.63) is 42.0 Å². The van der Waals surface area contributed by atoms with Crippen LogP contribution in [0.3, 0.4) is 0 Å². The molecular formula is C15H20FN3. The van der Waals surface area contributed by atoms with Crippen LogP contribution < -0.4 is 5.32 Å². The number of imidazole rings is 1. The normalized spacial score (nSPS) is 12.6. The predicted molar refractivity (Wildman–Crippen MR) is 75.3 cm³/mol. The fourth-order valence-electron chi connectivity index (χ4n) is 2.20. The number of aromatic nitrogens is 2. The van der Waals surface area contributed by atoms with E-state index in [0.29, 0.717) is 0 Å². The highest BCUT2D eigenvalue weighted by Gasteiger charge is 2.15. The molecule has 19 heavy (non-hydrogen) atoms. The number of rotatable bonds is 5. The van der Waals surface area contributed by atoms with Crippen molar-refractivity contribution in [3.8, 4) is 11.4 Å². The Hall–Kier alpha value is -1.68. The van der Waals surface area contributed by atoms with Crippen molar-refractivity contribution in [1.82, 2.24) is 14.9 Å². The van der Waals surface area contributed by atoms with E-state index >= 15 is 0 Å². The van der Waals surface area contributed by atoms with Crippen LogP contribution in [0.1, 0.15) is 31.9 Å². The fraction of sp³-hybridized carbons (Fsp3) is 0.400. The van der Waals surface area contributed by atoms with Gasteiger partial charge in [0.05, 0.1) is 0 Å². The van der Waals surface area contributed by atoms with Crippen LogP contribution in [0.15, 0.2) is 30.6 Å². The Balaban J connectivity index is 2.41. The molecule has 0 aliphatic heterocycles. The minimum atomic E-state index is -0.232. The van der Waals surface area contributed by atoms with E-state index in [1.165, 1.54) is 6.07 Å². The molecule has 1 heterocycles. The summed E-state index contributed by atoms with van der Waals surface area (Å²) >= 11 is 0. The highest BCUT2D eigenvalue weighted by atomic mass is 19.1. The lowest BCUT2D eigenvalue weighted by atomic mass is 10.0. The molecule has 1 aromatic carbocycles. The summed E-state index contributed by atoms with van der Waals surface area (Å²) in [5, 5.41) is 3.43. The molecule has 0 aliphatic rings. The largest absolute Gasteiger partial charge is 0.334 e. The van der Waals surface area contributed by atoms with Crippen LogP contribution in [0.4, 0.5) is 4.39 Å². The van der Waals surface area contributed by atoms with E-state index in [1.807, 2.05) is 23.9 Å². The fourth-order valence-corrected chi connectivity index (χ4v) is 2.20. The molecule has 1 aromatic heterocycles. The van der Waals surface area contributed by atoms with Gasteiger partial charge in [-0.25, -0.2) is 9.37 Å². The minimum absolute atomic E-state index is 0.173. The summed E-state index contributed by atoms with van der Waals surface area (Å²) < 4.78 is 15.4. The molecule has 4 heteroatoms. The van der Waals surface area contributed by atoms with Gasteiger partial charge in [0.1, 0.15) is 11.6 Å². The molecule has 102 valence electrons. The molecule has 2 rings (SSSR count). The van der Waals surface area contributed by atoms with Crippen LogP contribution in [-0.2, 0) is 7.05 Å². The molecule has 3 nitrogen and oxygen atoms in total. The molecule has 0 amide bonds. The zero-order valence-electron chi connectivity index (χ0n) is 11.7. The van der Waals surface area contributed by atoms with E-state index in [1.54, 1.807) is 12.3 Å². The maximum Gasteiger partial charge on any atom is 0.140 e. The third-order valence-electron chi connectivity index (χ3n) is 3.24. The standard InChI is InChI=1S/C15H20FN3/c1-4-7-17-11(2)13-6-5-12(16)10-14(13)15-18-8-9-19(15)3/h5-6,8-11,17H,4,7H2,1-3H3. The summed E-state index contributed by atoms with van der Waals surface area (Å²) in [6, 6.07) is 5.08. The third-order valence-corrected chi connectivity index (χ3v) is 3.24. The molecule has 0 saturated carbocycles. The quantitative estimate of drug-likeness (QED) is 0.895. The van der Waals surface area contributed by atoms with Crippen LogP contribution in [0.25, 0.3) is 11.4 Å². The number of halogens is 1. The molecule has 1 atom stereocenters. The summed E-state index contributed by atoms with van der Waals surface area (Å²) in [5.41, 5.74) is 1.92. The smallest absolute Gasteiger partial charge is 0.140 e.